The molecule has 0 aromatic heterocycles. The molecule has 0 amide bonds. The molecule has 0 aromatic rings. The number of carbonyl (C=O) groups is 1. The maximum Gasteiger partial charge on any atom is 0.166 e. The fraction of sp³-hybridized carbons (Fsp3) is 0. The van der Waals surface area contributed by atoms with Crippen LogP contribution in [-0.2, 0) is 0 Å². The number of H-pyrrole nitrogens is 1. The highest BCUT2D eigenvalue weighted by Gasteiger charge is 2.01. The number of nitrogens with zero attached hydrogens (tertiary/aromatic N) is 1. The second-order valence-electron chi connectivity index (χ2n) is 2.31. The molecule has 0 fully saturated rings. The van der Waals surface area contributed by atoms with Gasteiger partial charge in [-0.1, -0.05) is 0 Å². The van der Waals surface area contributed by atoms with E-state index in [1.807, 2.05) is 6.07 Å². The van der Waals surface area contributed by atoms with E-state index in [4.69, 9.17) is 0 Å². The number of aromatic nitrogens is 2. The minimum absolute atomic E-state index is 0.575. The van der Waals surface area contributed by atoms with Crippen LogP contribution in [0.2, 0.25) is 0 Å². The third kappa shape index (κ3) is 0.902. The van der Waals surface area contributed by atoms with Gasteiger partial charge in [-0.3, -0.25) is 9.78 Å². The van der Waals surface area contributed by atoms with Crippen molar-refractivity contribution in [1.29, 1.82) is 0 Å². The van der Waals surface area contributed by atoms with Gasteiger partial charge >= 0.3 is 0 Å². The molecule has 2 aliphatic rings. The van der Waals surface area contributed by atoms with Gasteiger partial charge in [0.15, 0.2) is 6.29 Å². The average molecular weight is 146 g/mol. The van der Waals surface area contributed by atoms with Gasteiger partial charge in [-0.2, -0.15) is 0 Å². The Kier molecular flexibility index (Phi) is 1.22. The second kappa shape index (κ2) is 2.20. The number of pyridine rings is 1. The lowest BCUT2D eigenvalue weighted by molar-refractivity contribution is 0.111. The van der Waals surface area contributed by atoms with Crippen molar-refractivity contribution in [1.82, 2.24) is 9.97 Å². The lowest BCUT2D eigenvalue weighted by Crippen LogP contribution is -1.87. The molecule has 0 aromatic carbocycles. The highest BCUT2D eigenvalue weighted by molar-refractivity contribution is 5.74. The van der Waals surface area contributed by atoms with E-state index < -0.39 is 0 Å². The summed E-state index contributed by atoms with van der Waals surface area (Å²) in [6.45, 7) is 0. The van der Waals surface area contributed by atoms with E-state index in [1.54, 1.807) is 18.5 Å². The van der Waals surface area contributed by atoms with Gasteiger partial charge in [-0.15, -0.1) is 0 Å². The lowest BCUT2D eigenvalue weighted by Gasteiger charge is -1.97. The number of fused-ring (bicyclic) bond motifs is 1. The summed E-state index contributed by atoms with van der Waals surface area (Å²) in [5.74, 6) is 0. The maximum absolute atomic E-state index is 10.3. The third-order valence-corrected chi connectivity index (χ3v) is 1.58. The van der Waals surface area contributed by atoms with Crippen LogP contribution in [-0.4, -0.2) is 16.3 Å². The summed E-state index contributed by atoms with van der Waals surface area (Å²) >= 11 is 0. The van der Waals surface area contributed by atoms with Gasteiger partial charge in [0, 0.05) is 11.8 Å². The first-order chi connectivity index (χ1) is 5.40. The molecule has 0 bridgehead atoms. The van der Waals surface area contributed by atoms with Gasteiger partial charge in [-0.05, 0) is 12.1 Å². The van der Waals surface area contributed by atoms with E-state index in [2.05, 4.69) is 9.97 Å². The Morgan fingerprint density at radius 1 is 1.36 bits per heavy atom. The van der Waals surface area contributed by atoms with Gasteiger partial charge in [0.25, 0.3) is 0 Å². The predicted octanol–water partition coefficient (Wildman–Crippen LogP) is 1.33. The van der Waals surface area contributed by atoms with Crippen LogP contribution in [0.3, 0.4) is 0 Å². The van der Waals surface area contributed by atoms with Crippen molar-refractivity contribution in [2.75, 3.05) is 0 Å². The molecule has 1 N–H and O–H groups in total. The molecule has 3 nitrogen and oxygen atoms in total. The highest BCUT2D eigenvalue weighted by Crippen LogP contribution is 2.17. The van der Waals surface area contributed by atoms with Crippen molar-refractivity contribution in [2.45, 2.75) is 0 Å². The number of nitrogens with one attached hydrogen (secondary N) is 1. The highest BCUT2D eigenvalue weighted by atomic mass is 16.1. The molecular weight excluding hydrogens is 140 g/mol. The molecule has 0 saturated heterocycles. The number of carbonyl (C=O) groups excluding carboxylic acids is 1. The minimum Gasteiger partial charge on any atom is -0.351 e. The Morgan fingerprint density at radius 3 is 3.09 bits per heavy atom. The molecule has 0 aliphatic carbocycles. The number of hydrogen-bond donors (Lipinski definition) is 1. The van der Waals surface area contributed by atoms with E-state index in [-0.39, 0.29) is 0 Å². The zero-order valence-corrected chi connectivity index (χ0v) is 5.74. The Morgan fingerprint density at radius 2 is 2.27 bits per heavy atom. The van der Waals surface area contributed by atoms with Crippen molar-refractivity contribution >= 4 is 6.29 Å². The first kappa shape index (κ1) is 6.09. The zero-order valence-electron chi connectivity index (χ0n) is 5.74. The predicted molar refractivity (Wildman–Crippen MR) is 40.6 cm³/mol. The van der Waals surface area contributed by atoms with Crippen molar-refractivity contribution in [3.05, 3.63) is 30.2 Å². The second-order valence-corrected chi connectivity index (χ2v) is 2.31. The summed E-state index contributed by atoms with van der Waals surface area (Å²) in [5.41, 5.74) is 2.50. The first-order valence-corrected chi connectivity index (χ1v) is 3.28. The molecular formula is C8H6N2O. The monoisotopic (exact) mass is 146 g/mol. The molecule has 54 valence electrons. The summed E-state index contributed by atoms with van der Waals surface area (Å²) in [4.78, 5) is 17.2. The first-order valence-electron chi connectivity index (χ1n) is 3.28. The Balaban J connectivity index is 2.68. The molecule has 3 heteroatoms. The van der Waals surface area contributed by atoms with Gasteiger partial charge in [0.1, 0.15) is 0 Å². The summed E-state index contributed by atoms with van der Waals surface area (Å²) in [5, 5.41) is 0. The molecule has 11 heavy (non-hydrogen) atoms. The van der Waals surface area contributed by atoms with E-state index in [0.29, 0.717) is 5.69 Å². The molecule has 0 spiro atoms. The van der Waals surface area contributed by atoms with Crippen molar-refractivity contribution < 1.29 is 4.79 Å². The number of aldehydes is 1. The van der Waals surface area contributed by atoms with Crippen LogP contribution in [0.25, 0.3) is 11.3 Å². The summed E-state index contributed by atoms with van der Waals surface area (Å²) < 4.78 is 0. The Labute approximate surface area is 63.4 Å². The van der Waals surface area contributed by atoms with Gasteiger partial charge < -0.3 is 4.98 Å². The molecule has 2 heterocycles. The smallest absolute Gasteiger partial charge is 0.166 e. The molecule has 0 radical (unpaired) electrons. The third-order valence-electron chi connectivity index (χ3n) is 1.58. The minimum atomic E-state index is 0.575. The Hall–Kier alpha value is -1.64. The normalized spacial score (nSPS) is 10.2. The quantitative estimate of drug-likeness (QED) is 0.617. The van der Waals surface area contributed by atoms with Crippen molar-refractivity contribution in [2.24, 2.45) is 0 Å². The number of rotatable bonds is 1. The topological polar surface area (TPSA) is 45.8 Å². The molecule has 0 atom stereocenters. The van der Waals surface area contributed by atoms with Crippen LogP contribution in [0.15, 0.2) is 24.5 Å². The molecule has 0 unspecified atom stereocenters. The largest absolute Gasteiger partial charge is 0.351 e. The SMILES string of the molecule is O=Cc1ccc2cncc-2[nH]1. The van der Waals surface area contributed by atoms with Crippen molar-refractivity contribution in [3.63, 3.8) is 0 Å². The van der Waals surface area contributed by atoms with Crippen LogP contribution in [0.1, 0.15) is 10.5 Å². The summed E-state index contributed by atoms with van der Waals surface area (Å²) in [7, 11) is 0. The zero-order chi connectivity index (χ0) is 7.68. The Bertz CT molecular complexity index is 353. The molecule has 2 aliphatic heterocycles. The van der Waals surface area contributed by atoms with Crippen LogP contribution < -0.4 is 0 Å². The van der Waals surface area contributed by atoms with Crippen LogP contribution >= 0.6 is 0 Å². The molecule has 0 saturated carbocycles. The summed E-state index contributed by atoms with van der Waals surface area (Å²) in [6.07, 6.45) is 4.23. The van der Waals surface area contributed by atoms with Crippen molar-refractivity contribution in [3.8, 4) is 11.3 Å². The van der Waals surface area contributed by atoms with Crippen LogP contribution in [0.4, 0.5) is 0 Å². The number of aromatic amines is 1. The fourth-order valence-electron chi connectivity index (χ4n) is 1.02. The maximum atomic E-state index is 10.3. The van der Waals surface area contributed by atoms with Gasteiger partial charge in [-0.25, -0.2) is 0 Å². The lowest BCUT2D eigenvalue weighted by atomic mass is 10.2. The van der Waals surface area contributed by atoms with Gasteiger partial charge in [0.05, 0.1) is 17.6 Å². The van der Waals surface area contributed by atoms with Crippen LogP contribution in [0.5, 0.6) is 0 Å². The summed E-state index contributed by atoms with van der Waals surface area (Å²) in [6, 6.07) is 3.60. The van der Waals surface area contributed by atoms with E-state index >= 15 is 0 Å². The fourth-order valence-corrected chi connectivity index (χ4v) is 1.02. The van der Waals surface area contributed by atoms with Gasteiger partial charge in [0.2, 0.25) is 0 Å². The molecule has 2 rings (SSSR count). The average Bonchev–Trinajstić information content (AvgIpc) is 2.50. The van der Waals surface area contributed by atoms with E-state index in [0.717, 1.165) is 17.5 Å². The van der Waals surface area contributed by atoms with Crippen LogP contribution in [0, 0.1) is 0 Å². The van der Waals surface area contributed by atoms with E-state index in [1.165, 1.54) is 0 Å². The number of hydrogen-bond acceptors (Lipinski definition) is 2. The van der Waals surface area contributed by atoms with E-state index in [9.17, 15) is 4.79 Å². The standard InChI is InChI=1S/C8H6N2O/c11-5-7-2-1-6-3-9-4-8(6)10-7/h1-5,10H.